The van der Waals surface area contributed by atoms with Crippen LogP contribution in [-0.2, 0) is 0 Å². The van der Waals surface area contributed by atoms with E-state index >= 15 is 0 Å². The van der Waals surface area contributed by atoms with Crippen molar-refractivity contribution >= 4 is 5.69 Å². The Morgan fingerprint density at radius 1 is 1.73 bits per heavy atom. The van der Waals surface area contributed by atoms with Crippen LogP contribution in [0.25, 0.3) is 0 Å². The van der Waals surface area contributed by atoms with Crippen LogP contribution in [0.4, 0.5) is 5.69 Å². The highest BCUT2D eigenvalue weighted by Gasteiger charge is 2.30. The number of nitro groups is 1. The molecule has 0 amide bonds. The molecule has 0 saturated heterocycles. The van der Waals surface area contributed by atoms with Crippen molar-refractivity contribution in [2.75, 3.05) is 7.04 Å². The summed E-state index contributed by atoms with van der Waals surface area (Å²) in [5.74, 6) is -0.574. The van der Waals surface area contributed by atoms with Gasteiger partial charge in [0.15, 0.2) is 0 Å². The molecule has 1 aliphatic rings. The molecule has 0 aliphatic heterocycles. The lowest BCUT2D eigenvalue weighted by atomic mass is 10.4. The van der Waals surface area contributed by atoms with E-state index in [1.807, 2.05) is 0 Å². The molecule has 1 aliphatic carbocycles. The third-order valence-corrected chi connectivity index (χ3v) is 1.95. The van der Waals surface area contributed by atoms with Gasteiger partial charge in [-0.3, -0.25) is 10.1 Å². The summed E-state index contributed by atoms with van der Waals surface area (Å²) in [5.41, 5.74) is -0.555. The van der Waals surface area contributed by atoms with Crippen LogP contribution in [0.3, 0.4) is 0 Å². The zero-order valence-electron chi connectivity index (χ0n) is 10.7. The van der Waals surface area contributed by atoms with Crippen molar-refractivity contribution in [3.63, 3.8) is 0 Å². The van der Waals surface area contributed by atoms with Crippen molar-refractivity contribution in [1.29, 1.82) is 0 Å². The highest BCUT2D eigenvalue weighted by atomic mass is 16.6. The molecule has 1 fully saturated rings. The number of methoxy groups -OCH3 is 1. The molecule has 2 rings (SSSR count). The summed E-state index contributed by atoms with van der Waals surface area (Å²) in [5, 5.41) is 11.0. The van der Waals surface area contributed by atoms with Gasteiger partial charge in [-0.2, -0.15) is 0 Å². The molecule has 6 heteroatoms. The number of pyridine rings is 1. The minimum atomic E-state index is -2.80. The first kappa shape index (κ1) is 6.60. The molecule has 0 atom stereocenters. The molecule has 1 saturated carbocycles. The van der Waals surface area contributed by atoms with Crippen LogP contribution in [0.2, 0.25) is 0 Å². The van der Waals surface area contributed by atoms with Crippen LogP contribution >= 0.6 is 0 Å². The lowest BCUT2D eigenvalue weighted by Gasteiger charge is -2.06. The highest BCUT2D eigenvalue weighted by Crippen LogP contribution is 2.37. The van der Waals surface area contributed by atoms with E-state index < -0.39 is 23.5 Å². The van der Waals surface area contributed by atoms with E-state index in [0.717, 1.165) is 12.8 Å². The average Bonchev–Trinajstić information content (AvgIpc) is 2.98. The number of ether oxygens (including phenoxy) is 2. The predicted molar refractivity (Wildman–Crippen MR) is 51.1 cm³/mol. The normalized spacial score (nSPS) is 18.5. The van der Waals surface area contributed by atoms with Crippen molar-refractivity contribution in [2.24, 2.45) is 0 Å². The van der Waals surface area contributed by atoms with E-state index in [0.29, 0.717) is 0 Å². The van der Waals surface area contributed by atoms with E-state index in [4.69, 9.17) is 8.85 Å². The van der Waals surface area contributed by atoms with E-state index in [2.05, 4.69) is 9.72 Å². The van der Waals surface area contributed by atoms with Gasteiger partial charge in [0.2, 0.25) is 5.75 Å². The van der Waals surface area contributed by atoms with Gasteiger partial charge < -0.3 is 9.47 Å². The first-order valence-corrected chi connectivity index (χ1v) is 4.36. The van der Waals surface area contributed by atoms with Crippen molar-refractivity contribution in [1.82, 2.24) is 4.98 Å². The van der Waals surface area contributed by atoms with Crippen molar-refractivity contribution in [2.45, 2.75) is 18.9 Å². The van der Waals surface area contributed by atoms with Crippen LogP contribution < -0.4 is 9.47 Å². The largest absolute Gasteiger partial charge is 0.483 e. The monoisotopic (exact) mass is 213 g/mol. The van der Waals surface area contributed by atoms with E-state index in [1.165, 1.54) is 12.3 Å². The Morgan fingerprint density at radius 3 is 3.13 bits per heavy atom. The van der Waals surface area contributed by atoms with Gasteiger partial charge in [0.1, 0.15) is 0 Å². The molecule has 0 aromatic carbocycles. The molecule has 1 aromatic heterocycles. The molecule has 0 bridgehead atoms. The number of hydrogen-bond donors (Lipinski definition) is 0. The molecule has 0 spiro atoms. The summed E-state index contributed by atoms with van der Waals surface area (Å²) >= 11 is 0. The van der Waals surface area contributed by atoms with Gasteiger partial charge in [-0.05, 0) is 12.8 Å². The van der Waals surface area contributed by atoms with Gasteiger partial charge in [-0.25, -0.2) is 4.98 Å². The summed E-state index contributed by atoms with van der Waals surface area (Å²) in [6, 6.07) is 1.32. The Kier molecular flexibility index (Phi) is 1.64. The van der Waals surface area contributed by atoms with E-state index in [-0.39, 0.29) is 11.9 Å². The second kappa shape index (κ2) is 3.72. The zero-order chi connectivity index (χ0) is 13.3. The fourth-order valence-electron chi connectivity index (χ4n) is 1.12. The lowest BCUT2D eigenvalue weighted by Crippen LogP contribution is -2.03. The van der Waals surface area contributed by atoms with E-state index in [9.17, 15) is 10.1 Å². The van der Waals surface area contributed by atoms with Crippen molar-refractivity contribution < 1.29 is 18.5 Å². The summed E-state index contributed by atoms with van der Waals surface area (Å²) in [4.78, 5) is 13.8. The Hall–Kier alpha value is -1.85. The van der Waals surface area contributed by atoms with Crippen molar-refractivity contribution in [3.8, 4) is 11.6 Å². The van der Waals surface area contributed by atoms with Crippen LogP contribution in [0.15, 0.2) is 12.3 Å². The Balaban J connectivity index is 2.35. The summed E-state index contributed by atoms with van der Waals surface area (Å²) < 4.78 is 30.6. The summed E-state index contributed by atoms with van der Waals surface area (Å²) in [7, 11) is -2.80. The van der Waals surface area contributed by atoms with Crippen LogP contribution in [0.5, 0.6) is 11.6 Å². The van der Waals surface area contributed by atoms with Crippen LogP contribution in [0, 0.1) is 10.1 Å². The van der Waals surface area contributed by atoms with Gasteiger partial charge in [-0.15, -0.1) is 0 Å². The quantitative estimate of drug-likeness (QED) is 0.560. The third kappa shape index (κ3) is 1.98. The smallest absolute Gasteiger partial charge is 0.372 e. The van der Waals surface area contributed by atoms with E-state index in [1.54, 1.807) is 0 Å². The Bertz CT molecular complexity index is 473. The number of hydrogen-bond acceptors (Lipinski definition) is 5. The third-order valence-electron chi connectivity index (χ3n) is 1.95. The molecule has 1 aromatic rings. The maximum atomic E-state index is 11.0. The lowest BCUT2D eigenvalue weighted by molar-refractivity contribution is -0.387. The molecule has 15 heavy (non-hydrogen) atoms. The van der Waals surface area contributed by atoms with Gasteiger partial charge in [0, 0.05) is 12.3 Å². The topological polar surface area (TPSA) is 74.5 Å². The number of aromatic nitrogens is 1. The zero-order valence-corrected chi connectivity index (χ0v) is 7.67. The minimum absolute atomic E-state index is 0.0169. The van der Waals surface area contributed by atoms with Gasteiger partial charge in [0.05, 0.1) is 22.2 Å². The highest BCUT2D eigenvalue weighted by molar-refractivity contribution is 5.53. The van der Waals surface area contributed by atoms with Crippen LogP contribution in [0.1, 0.15) is 17.0 Å². The van der Waals surface area contributed by atoms with Gasteiger partial charge in [-0.1, -0.05) is 0 Å². The molecular formula is C9H10N2O4. The van der Waals surface area contributed by atoms with Crippen molar-refractivity contribution in [3.05, 3.63) is 22.4 Å². The first-order valence-electron chi connectivity index (χ1n) is 5.86. The molecule has 1 heterocycles. The molecule has 0 N–H and O–H groups in total. The Labute approximate surface area is 90.2 Å². The fraction of sp³-hybridized carbons (Fsp3) is 0.444. The standard InChI is InChI=1S/C9H10N2O4/c1-14-9-8(11(12)13)7(4-5-10-9)15-6-2-3-6/h4-6H,2-3H2,1H3/i1D3. The van der Waals surface area contributed by atoms with Crippen LogP contribution in [-0.4, -0.2) is 23.0 Å². The summed E-state index contributed by atoms with van der Waals surface area (Å²) in [6.45, 7) is 0. The fourth-order valence-corrected chi connectivity index (χ4v) is 1.12. The first-order chi connectivity index (χ1) is 8.37. The second-order valence-electron chi connectivity index (χ2n) is 3.14. The summed E-state index contributed by atoms with van der Waals surface area (Å²) in [6.07, 6.45) is 2.82. The molecule has 0 radical (unpaired) electrons. The maximum Gasteiger partial charge on any atom is 0.372 e. The Morgan fingerprint density at radius 2 is 2.53 bits per heavy atom. The average molecular weight is 213 g/mol. The van der Waals surface area contributed by atoms with Gasteiger partial charge >= 0.3 is 5.69 Å². The molecular weight excluding hydrogens is 200 g/mol. The second-order valence-corrected chi connectivity index (χ2v) is 3.14. The minimum Gasteiger partial charge on any atom is -0.483 e. The SMILES string of the molecule is [2H]C([2H])([2H])Oc1nccc(OC2CC2)c1[N+](=O)[O-]. The molecule has 6 nitrogen and oxygen atoms in total. The predicted octanol–water partition coefficient (Wildman–Crippen LogP) is 1.54. The molecule has 0 unspecified atom stereocenters. The number of rotatable bonds is 4. The molecule has 80 valence electrons. The van der Waals surface area contributed by atoms with Gasteiger partial charge in [0.25, 0.3) is 5.88 Å². The number of nitrogens with zero attached hydrogens (tertiary/aromatic N) is 2. The maximum absolute atomic E-state index is 11.0.